The number of aliphatic hydroxyl groups excluding tert-OH is 1. The van der Waals surface area contributed by atoms with Crippen LogP contribution in [-0.2, 0) is 17.8 Å². The predicted octanol–water partition coefficient (Wildman–Crippen LogP) is 4.94. The molecule has 2 atom stereocenters. The quantitative estimate of drug-likeness (QED) is 0.599. The lowest BCUT2D eigenvalue weighted by molar-refractivity contribution is 0.0195. The van der Waals surface area contributed by atoms with Crippen molar-refractivity contribution in [3.8, 4) is 0 Å². The summed E-state index contributed by atoms with van der Waals surface area (Å²) < 4.78 is 21.1. The number of aromatic nitrogens is 2. The molecule has 2 aromatic rings. The molecule has 0 bridgehead atoms. The second-order valence-corrected chi connectivity index (χ2v) is 11.6. The van der Waals surface area contributed by atoms with E-state index in [1.54, 1.807) is 4.90 Å². The molecule has 2 saturated carbocycles. The zero-order valence-corrected chi connectivity index (χ0v) is 21.5. The number of fused-ring (bicyclic) bond motifs is 2. The smallest absolute Gasteiger partial charge is 0.410 e. The van der Waals surface area contributed by atoms with Gasteiger partial charge >= 0.3 is 6.09 Å². The predicted molar refractivity (Wildman–Crippen MR) is 132 cm³/mol. The third kappa shape index (κ3) is 4.95. The summed E-state index contributed by atoms with van der Waals surface area (Å²) in [6.45, 7) is 6.52. The highest BCUT2D eigenvalue weighted by molar-refractivity contribution is 6.31. The summed E-state index contributed by atoms with van der Waals surface area (Å²) in [4.78, 5) is 32.8. The number of hydrogen-bond acceptors (Lipinski definition) is 5. The number of nitrogens with zero attached hydrogens (tertiary/aromatic N) is 3. The van der Waals surface area contributed by atoms with Crippen LogP contribution in [0.1, 0.15) is 74.4 Å². The number of benzene rings is 1. The van der Waals surface area contributed by atoms with E-state index in [-0.39, 0.29) is 29.5 Å². The first-order valence-electron chi connectivity index (χ1n) is 12.5. The summed E-state index contributed by atoms with van der Waals surface area (Å²) in [5.41, 5.74) is 0.985. The lowest BCUT2D eigenvalue weighted by Crippen LogP contribution is -2.42. The first kappa shape index (κ1) is 25.0. The summed E-state index contributed by atoms with van der Waals surface area (Å²) in [6.07, 6.45) is 2.67. The number of ether oxygens (including phenoxy) is 1. The molecule has 0 spiro atoms. The minimum atomic E-state index is -0.608. The van der Waals surface area contributed by atoms with Gasteiger partial charge in [0.25, 0.3) is 5.91 Å². The average molecular weight is 519 g/mol. The number of amides is 2. The number of carbonyl (C=O) groups is 2. The molecule has 36 heavy (non-hydrogen) atoms. The van der Waals surface area contributed by atoms with Gasteiger partial charge in [-0.2, -0.15) is 0 Å². The number of nitrogens with one attached hydrogen (secondary N) is 1. The Bertz CT molecular complexity index is 1180. The van der Waals surface area contributed by atoms with Gasteiger partial charge in [0, 0.05) is 24.7 Å². The lowest BCUT2D eigenvalue weighted by atomic mass is 9.97. The zero-order valence-electron chi connectivity index (χ0n) is 20.8. The number of carbonyl (C=O) groups excluding carboxylic acids is 2. The van der Waals surface area contributed by atoms with E-state index in [4.69, 9.17) is 21.3 Å². The van der Waals surface area contributed by atoms with E-state index >= 15 is 0 Å². The van der Waals surface area contributed by atoms with Gasteiger partial charge in [0.1, 0.15) is 22.9 Å². The number of anilines is 1. The van der Waals surface area contributed by atoms with Crippen LogP contribution in [0.25, 0.3) is 0 Å². The van der Waals surface area contributed by atoms with Crippen LogP contribution < -0.4 is 5.32 Å². The van der Waals surface area contributed by atoms with Crippen molar-refractivity contribution in [3.05, 3.63) is 46.3 Å². The van der Waals surface area contributed by atoms with Crippen molar-refractivity contribution in [1.82, 2.24) is 14.5 Å². The Kier molecular flexibility index (Phi) is 6.49. The fourth-order valence-electron chi connectivity index (χ4n) is 5.93. The SMILES string of the molecule is CC(C)(C)OC(=O)N1CCn2c(nc(C3CC4CC(O)CC4C3)c2C(=O)Nc2ccc(F)c(Cl)c2)C1. The monoisotopic (exact) mass is 518 g/mol. The van der Waals surface area contributed by atoms with Crippen LogP contribution in [0.15, 0.2) is 18.2 Å². The minimum absolute atomic E-state index is 0.0708. The highest BCUT2D eigenvalue weighted by atomic mass is 35.5. The zero-order chi connectivity index (χ0) is 25.8. The average Bonchev–Trinajstić information content (AvgIpc) is 3.44. The van der Waals surface area contributed by atoms with Crippen LogP contribution in [0.2, 0.25) is 5.02 Å². The van der Waals surface area contributed by atoms with Crippen molar-refractivity contribution >= 4 is 29.3 Å². The third-order valence-corrected chi connectivity index (χ3v) is 7.71. The second-order valence-electron chi connectivity index (χ2n) is 11.2. The molecule has 2 unspecified atom stereocenters. The van der Waals surface area contributed by atoms with Gasteiger partial charge in [0.05, 0.1) is 23.4 Å². The van der Waals surface area contributed by atoms with Crippen LogP contribution in [0, 0.1) is 17.7 Å². The molecule has 1 aromatic heterocycles. The Morgan fingerprint density at radius 1 is 1.17 bits per heavy atom. The molecule has 2 N–H and O–H groups in total. The van der Waals surface area contributed by atoms with E-state index in [0.717, 1.165) is 31.4 Å². The van der Waals surface area contributed by atoms with Crippen LogP contribution in [-0.4, -0.2) is 49.8 Å². The van der Waals surface area contributed by atoms with Gasteiger partial charge < -0.3 is 19.7 Å². The maximum atomic E-state index is 13.6. The van der Waals surface area contributed by atoms with Crippen molar-refractivity contribution in [2.24, 2.45) is 11.8 Å². The van der Waals surface area contributed by atoms with Gasteiger partial charge in [-0.15, -0.1) is 0 Å². The van der Waals surface area contributed by atoms with Gasteiger partial charge in [0.15, 0.2) is 0 Å². The van der Waals surface area contributed by atoms with E-state index in [9.17, 15) is 19.1 Å². The van der Waals surface area contributed by atoms with E-state index < -0.39 is 17.5 Å². The lowest BCUT2D eigenvalue weighted by Gasteiger charge is -2.30. The molecule has 5 rings (SSSR count). The van der Waals surface area contributed by atoms with E-state index in [1.165, 1.54) is 18.2 Å². The van der Waals surface area contributed by atoms with Crippen molar-refractivity contribution in [3.63, 3.8) is 0 Å². The van der Waals surface area contributed by atoms with Crippen LogP contribution in [0.4, 0.5) is 14.9 Å². The number of halogens is 2. The molecule has 2 fully saturated rings. The largest absolute Gasteiger partial charge is 0.444 e. The van der Waals surface area contributed by atoms with Gasteiger partial charge in [-0.1, -0.05) is 11.6 Å². The highest BCUT2D eigenvalue weighted by Crippen LogP contribution is 2.51. The highest BCUT2D eigenvalue weighted by Gasteiger charge is 2.44. The fourth-order valence-corrected chi connectivity index (χ4v) is 6.11. The molecule has 0 saturated heterocycles. The molecular weight excluding hydrogens is 487 g/mol. The Labute approximate surface area is 214 Å². The maximum Gasteiger partial charge on any atom is 0.410 e. The van der Waals surface area contributed by atoms with Crippen LogP contribution in [0.5, 0.6) is 0 Å². The molecule has 3 aliphatic rings. The summed E-state index contributed by atoms with van der Waals surface area (Å²) in [5, 5.41) is 12.8. The van der Waals surface area contributed by atoms with Crippen LogP contribution >= 0.6 is 11.6 Å². The van der Waals surface area contributed by atoms with Crippen molar-refractivity contribution in [1.29, 1.82) is 0 Å². The van der Waals surface area contributed by atoms with E-state index in [0.29, 0.717) is 42.1 Å². The molecule has 2 aliphatic carbocycles. The molecular formula is C26H32ClFN4O4. The number of hydrogen-bond donors (Lipinski definition) is 2. The fraction of sp³-hybridized carbons (Fsp3) is 0.577. The second kappa shape index (κ2) is 9.34. The van der Waals surface area contributed by atoms with E-state index in [1.807, 2.05) is 25.3 Å². The Hall–Kier alpha value is -2.65. The summed E-state index contributed by atoms with van der Waals surface area (Å²) in [5.74, 6) is 0.690. The van der Waals surface area contributed by atoms with Crippen LogP contribution in [0.3, 0.4) is 0 Å². The number of rotatable bonds is 3. The molecule has 2 heterocycles. The molecule has 0 radical (unpaired) electrons. The van der Waals surface area contributed by atoms with Gasteiger partial charge in [-0.3, -0.25) is 9.69 Å². The summed E-state index contributed by atoms with van der Waals surface area (Å²) >= 11 is 5.92. The summed E-state index contributed by atoms with van der Waals surface area (Å²) in [6, 6.07) is 4.07. The van der Waals surface area contributed by atoms with Gasteiger partial charge in [-0.05, 0) is 76.5 Å². The molecule has 2 amide bonds. The van der Waals surface area contributed by atoms with E-state index in [2.05, 4.69) is 5.32 Å². The van der Waals surface area contributed by atoms with Crippen molar-refractivity contribution in [2.45, 2.75) is 77.2 Å². The van der Waals surface area contributed by atoms with Gasteiger partial charge in [-0.25, -0.2) is 14.2 Å². The summed E-state index contributed by atoms with van der Waals surface area (Å²) in [7, 11) is 0. The third-order valence-electron chi connectivity index (χ3n) is 7.42. The van der Waals surface area contributed by atoms with Gasteiger partial charge in [0.2, 0.25) is 0 Å². The Morgan fingerprint density at radius 2 is 1.86 bits per heavy atom. The molecule has 1 aliphatic heterocycles. The molecule has 8 nitrogen and oxygen atoms in total. The Balaban J connectivity index is 1.44. The number of aliphatic hydroxyl groups is 1. The standard InChI is InChI=1S/C26H32ClFN4O4/c1-26(2,3)36-25(35)31-6-7-32-21(13-31)30-22(16-8-14-10-18(33)11-15(14)9-16)23(32)24(34)29-17-4-5-20(28)19(27)12-17/h4-5,12,14-16,18,33H,6-11,13H2,1-3H3,(H,29,34). The Morgan fingerprint density at radius 3 is 2.50 bits per heavy atom. The maximum absolute atomic E-state index is 13.6. The topological polar surface area (TPSA) is 96.7 Å². The first-order valence-corrected chi connectivity index (χ1v) is 12.9. The normalized spacial score (nSPS) is 25.4. The minimum Gasteiger partial charge on any atom is -0.444 e. The molecule has 194 valence electrons. The molecule has 1 aromatic carbocycles. The van der Waals surface area contributed by atoms with Crippen molar-refractivity contribution in [2.75, 3.05) is 11.9 Å². The molecule has 10 heteroatoms. The first-order chi connectivity index (χ1) is 17.0. The van der Waals surface area contributed by atoms with Crippen molar-refractivity contribution < 1.29 is 23.8 Å². The number of imidazole rings is 1.